The zero-order valence-corrected chi connectivity index (χ0v) is 5.30. The van der Waals surface area contributed by atoms with Crippen LogP contribution in [0, 0.1) is 0 Å². The molecule has 0 aliphatic heterocycles. The average Bonchev–Trinajstić information content (AvgIpc) is 1.65. The summed E-state index contributed by atoms with van der Waals surface area (Å²) in [4.78, 5) is 1.38. The van der Waals surface area contributed by atoms with E-state index in [4.69, 9.17) is 0 Å². The molecule has 44 valence electrons. The van der Waals surface area contributed by atoms with Gasteiger partial charge in [-0.25, -0.2) is 0 Å². The van der Waals surface area contributed by atoms with Crippen LogP contribution in [-0.4, -0.2) is 6.26 Å². The molecule has 0 aromatic heterocycles. The van der Waals surface area contributed by atoms with Gasteiger partial charge in [-0.05, 0) is 25.0 Å². The lowest BCUT2D eigenvalue weighted by Gasteiger charge is -1.84. The lowest BCUT2D eigenvalue weighted by molar-refractivity contribution is 1.60. The van der Waals surface area contributed by atoms with E-state index in [2.05, 4.69) is 19.3 Å². The zero-order valence-electron chi connectivity index (χ0n) is 4.49. The van der Waals surface area contributed by atoms with E-state index in [1.807, 2.05) is 6.92 Å². The Morgan fingerprint density at radius 2 is 2.00 bits per heavy atom. The minimum absolute atomic E-state index is 0. The fourth-order valence-corrected chi connectivity index (χ4v) is 0.354. The highest BCUT2D eigenvalue weighted by Gasteiger charge is 1.73. The van der Waals surface area contributed by atoms with Crippen molar-refractivity contribution >= 4 is 11.8 Å². The molecule has 0 aliphatic carbocycles. The summed E-state index contributed by atoms with van der Waals surface area (Å²) in [6, 6.07) is 0. The quantitative estimate of drug-likeness (QED) is 0.510. The van der Waals surface area contributed by atoms with Gasteiger partial charge in [0.05, 0.1) is 0 Å². The summed E-state index contributed by atoms with van der Waals surface area (Å²) in [5.74, 6) is 0. The van der Waals surface area contributed by atoms with Gasteiger partial charge in [-0.15, -0.1) is 11.8 Å². The minimum atomic E-state index is 0. The molecule has 0 aliphatic rings. The van der Waals surface area contributed by atoms with Gasteiger partial charge in [0.1, 0.15) is 0 Å². The summed E-state index contributed by atoms with van der Waals surface area (Å²) < 4.78 is 0. The Labute approximate surface area is 51.0 Å². The first-order valence-electron chi connectivity index (χ1n) is 1.98. The molecular formula is C6H14S. The molecule has 0 aromatic carbocycles. The van der Waals surface area contributed by atoms with Crippen LogP contribution in [0.25, 0.3) is 0 Å². The average molecular weight is 118 g/mol. The lowest BCUT2D eigenvalue weighted by atomic mass is 10.6. The highest BCUT2D eigenvalue weighted by atomic mass is 32.2. The summed E-state index contributed by atoms with van der Waals surface area (Å²) in [6.45, 7) is 4.15. The third kappa shape index (κ3) is 6.09. The maximum absolute atomic E-state index is 2.10. The van der Waals surface area contributed by atoms with E-state index in [9.17, 15) is 0 Å². The molecule has 0 N–H and O–H groups in total. The van der Waals surface area contributed by atoms with E-state index in [0.29, 0.717) is 0 Å². The van der Waals surface area contributed by atoms with Crippen LogP contribution < -0.4 is 0 Å². The van der Waals surface area contributed by atoms with Crippen molar-refractivity contribution in [3.8, 4) is 0 Å². The summed E-state index contributed by atoms with van der Waals surface area (Å²) in [6.07, 6.45) is 4.18. The zero-order chi connectivity index (χ0) is 4.99. The van der Waals surface area contributed by atoms with Crippen molar-refractivity contribution in [1.82, 2.24) is 0 Å². The van der Waals surface area contributed by atoms with Gasteiger partial charge < -0.3 is 0 Å². The number of allylic oxidation sites excluding steroid dienone is 2. The van der Waals surface area contributed by atoms with Crippen LogP contribution in [0.5, 0.6) is 0 Å². The molecule has 0 nitrogen and oxygen atoms in total. The third-order valence-electron chi connectivity index (χ3n) is 0.729. The summed E-state index contributed by atoms with van der Waals surface area (Å²) in [5, 5.41) is 0. The van der Waals surface area contributed by atoms with E-state index < -0.39 is 0 Å². The molecule has 0 saturated carbocycles. The van der Waals surface area contributed by atoms with E-state index >= 15 is 0 Å². The van der Waals surface area contributed by atoms with Crippen LogP contribution in [0.2, 0.25) is 0 Å². The SMILES string of the molecule is C.CC=C(C)SC. The highest BCUT2D eigenvalue weighted by molar-refractivity contribution is 8.02. The molecule has 0 bridgehead atoms. The van der Waals surface area contributed by atoms with E-state index in [-0.39, 0.29) is 7.43 Å². The van der Waals surface area contributed by atoms with Crippen LogP contribution >= 0.6 is 11.8 Å². The van der Waals surface area contributed by atoms with E-state index in [1.54, 1.807) is 11.8 Å². The Morgan fingerprint density at radius 3 is 2.00 bits per heavy atom. The van der Waals surface area contributed by atoms with Crippen molar-refractivity contribution in [1.29, 1.82) is 0 Å². The Morgan fingerprint density at radius 1 is 1.57 bits per heavy atom. The fraction of sp³-hybridized carbons (Fsp3) is 0.667. The van der Waals surface area contributed by atoms with Gasteiger partial charge in [0.25, 0.3) is 0 Å². The molecule has 0 unspecified atom stereocenters. The van der Waals surface area contributed by atoms with Gasteiger partial charge in [-0.2, -0.15) is 0 Å². The Hall–Kier alpha value is 0.0900. The lowest BCUT2D eigenvalue weighted by Crippen LogP contribution is -1.56. The van der Waals surface area contributed by atoms with Crippen LogP contribution in [0.4, 0.5) is 0 Å². The van der Waals surface area contributed by atoms with Crippen molar-refractivity contribution < 1.29 is 0 Å². The number of rotatable bonds is 1. The maximum atomic E-state index is 2.10. The second-order valence-corrected chi connectivity index (χ2v) is 2.16. The van der Waals surface area contributed by atoms with Gasteiger partial charge in [-0.1, -0.05) is 13.5 Å². The Bertz CT molecular complexity index is 55.2. The normalized spacial score (nSPS) is 10.4. The first-order chi connectivity index (χ1) is 2.81. The molecule has 7 heavy (non-hydrogen) atoms. The molecule has 1 heteroatoms. The van der Waals surface area contributed by atoms with Crippen molar-refractivity contribution in [2.45, 2.75) is 21.3 Å². The minimum Gasteiger partial charge on any atom is -0.135 e. The highest BCUT2D eigenvalue weighted by Crippen LogP contribution is 2.07. The number of hydrogen-bond acceptors (Lipinski definition) is 1. The Kier molecular flexibility index (Phi) is 8.83. The van der Waals surface area contributed by atoms with Gasteiger partial charge in [0, 0.05) is 0 Å². The third-order valence-corrected chi connectivity index (χ3v) is 1.61. The second-order valence-electron chi connectivity index (χ2n) is 1.10. The van der Waals surface area contributed by atoms with E-state index in [1.165, 1.54) is 4.91 Å². The van der Waals surface area contributed by atoms with Crippen molar-refractivity contribution in [3.05, 3.63) is 11.0 Å². The molecular weight excluding hydrogens is 104 g/mol. The standard InChI is InChI=1S/C5H10S.CH4/c1-4-5(2)6-3;/h4H,1-3H3;1H4. The predicted molar refractivity (Wildman–Crippen MR) is 39.7 cm³/mol. The van der Waals surface area contributed by atoms with Gasteiger partial charge >= 0.3 is 0 Å². The molecule has 0 fully saturated rings. The molecule has 0 aromatic rings. The topological polar surface area (TPSA) is 0 Å². The van der Waals surface area contributed by atoms with Crippen molar-refractivity contribution in [3.63, 3.8) is 0 Å². The molecule has 0 rings (SSSR count). The molecule has 0 radical (unpaired) electrons. The molecule has 0 amide bonds. The van der Waals surface area contributed by atoms with Gasteiger partial charge in [-0.3, -0.25) is 0 Å². The molecule has 0 atom stereocenters. The summed E-state index contributed by atoms with van der Waals surface area (Å²) in [5.41, 5.74) is 0. The van der Waals surface area contributed by atoms with Gasteiger partial charge in [0.2, 0.25) is 0 Å². The fourth-order valence-electron chi connectivity index (χ4n) is 0.118. The molecule has 0 saturated heterocycles. The van der Waals surface area contributed by atoms with Crippen LogP contribution in [-0.2, 0) is 0 Å². The molecule has 0 heterocycles. The van der Waals surface area contributed by atoms with Crippen molar-refractivity contribution in [2.24, 2.45) is 0 Å². The van der Waals surface area contributed by atoms with E-state index in [0.717, 1.165) is 0 Å². The first-order valence-corrected chi connectivity index (χ1v) is 3.20. The van der Waals surface area contributed by atoms with Gasteiger partial charge in [0.15, 0.2) is 0 Å². The molecule has 0 spiro atoms. The largest absolute Gasteiger partial charge is 0.135 e. The van der Waals surface area contributed by atoms with Crippen LogP contribution in [0.15, 0.2) is 11.0 Å². The predicted octanol–water partition coefficient (Wildman–Crippen LogP) is 2.91. The number of thioether (sulfide) groups is 1. The van der Waals surface area contributed by atoms with Crippen molar-refractivity contribution in [2.75, 3.05) is 6.26 Å². The monoisotopic (exact) mass is 118 g/mol. The van der Waals surface area contributed by atoms with Crippen LogP contribution in [0.1, 0.15) is 21.3 Å². The summed E-state index contributed by atoms with van der Waals surface area (Å²) in [7, 11) is 0. The number of hydrogen-bond donors (Lipinski definition) is 0. The summed E-state index contributed by atoms with van der Waals surface area (Å²) >= 11 is 1.79. The second kappa shape index (κ2) is 6.09. The van der Waals surface area contributed by atoms with Crippen LogP contribution in [0.3, 0.4) is 0 Å². The maximum Gasteiger partial charge on any atom is -0.0140 e. The smallest absolute Gasteiger partial charge is 0.0140 e. The Balaban J connectivity index is 0. The first kappa shape index (κ1) is 10.1.